The highest BCUT2D eigenvalue weighted by Crippen LogP contribution is 2.26. The second-order valence-corrected chi connectivity index (χ2v) is 5.67. The number of imidazole rings is 1. The average Bonchev–Trinajstić information content (AvgIpc) is 2.82. The van der Waals surface area contributed by atoms with Crippen molar-refractivity contribution in [2.24, 2.45) is 7.05 Å². The quantitative estimate of drug-likeness (QED) is 0.812. The van der Waals surface area contributed by atoms with Crippen LogP contribution in [0.1, 0.15) is 31.5 Å². The Bertz CT molecular complexity index is 460. The number of carbonyl (C=O) groups excluding carboxylic acids is 1. The van der Waals surface area contributed by atoms with E-state index in [-0.39, 0.29) is 5.91 Å². The van der Waals surface area contributed by atoms with Gasteiger partial charge in [-0.2, -0.15) is 0 Å². The molecule has 1 amide bonds. The van der Waals surface area contributed by atoms with Gasteiger partial charge in [0.25, 0.3) is 0 Å². The average molecular weight is 280 g/mol. The minimum Gasteiger partial charge on any atom is -0.389 e. The molecule has 112 valence electrons. The lowest BCUT2D eigenvalue weighted by atomic mass is 9.88. The van der Waals surface area contributed by atoms with Crippen molar-refractivity contribution in [1.29, 1.82) is 0 Å². The van der Waals surface area contributed by atoms with E-state index >= 15 is 0 Å². The SMILES string of the molecule is CNC(=O)CC[C@@]1(O)CCCN(Cc2nccn2C)C1. The first kappa shape index (κ1) is 15.0. The second-order valence-electron chi connectivity index (χ2n) is 5.67. The van der Waals surface area contributed by atoms with E-state index in [1.54, 1.807) is 13.2 Å². The largest absolute Gasteiger partial charge is 0.389 e. The van der Waals surface area contributed by atoms with Gasteiger partial charge < -0.3 is 15.0 Å². The molecule has 6 heteroatoms. The molecule has 1 saturated heterocycles. The van der Waals surface area contributed by atoms with Crippen molar-refractivity contribution in [3.63, 3.8) is 0 Å². The molecule has 0 spiro atoms. The molecule has 20 heavy (non-hydrogen) atoms. The molecule has 1 aromatic rings. The summed E-state index contributed by atoms with van der Waals surface area (Å²) in [6.07, 6.45) is 6.33. The predicted molar refractivity (Wildman–Crippen MR) is 76.0 cm³/mol. The van der Waals surface area contributed by atoms with Crippen LogP contribution in [-0.2, 0) is 18.4 Å². The number of amides is 1. The molecule has 6 nitrogen and oxygen atoms in total. The first-order valence-electron chi connectivity index (χ1n) is 7.14. The Hall–Kier alpha value is -1.40. The Balaban J connectivity index is 1.90. The van der Waals surface area contributed by atoms with E-state index in [9.17, 15) is 9.90 Å². The van der Waals surface area contributed by atoms with Crippen LogP contribution in [0.25, 0.3) is 0 Å². The Morgan fingerprint density at radius 2 is 2.40 bits per heavy atom. The monoisotopic (exact) mass is 280 g/mol. The summed E-state index contributed by atoms with van der Waals surface area (Å²) >= 11 is 0. The molecule has 0 radical (unpaired) electrons. The normalized spacial score (nSPS) is 23.8. The van der Waals surface area contributed by atoms with Crippen LogP contribution in [0.4, 0.5) is 0 Å². The zero-order valence-electron chi connectivity index (χ0n) is 12.3. The second kappa shape index (κ2) is 6.37. The molecule has 0 aromatic carbocycles. The highest BCUT2D eigenvalue weighted by molar-refractivity contribution is 5.75. The first-order chi connectivity index (χ1) is 9.52. The van der Waals surface area contributed by atoms with Crippen molar-refractivity contribution in [2.75, 3.05) is 20.1 Å². The molecule has 0 saturated carbocycles. The van der Waals surface area contributed by atoms with Crippen LogP contribution >= 0.6 is 0 Å². The Kier molecular flexibility index (Phi) is 4.77. The van der Waals surface area contributed by atoms with Gasteiger partial charge in [-0.1, -0.05) is 0 Å². The van der Waals surface area contributed by atoms with E-state index < -0.39 is 5.60 Å². The topological polar surface area (TPSA) is 70.4 Å². The Morgan fingerprint density at radius 3 is 3.05 bits per heavy atom. The van der Waals surface area contributed by atoms with E-state index in [1.807, 2.05) is 17.8 Å². The predicted octanol–water partition coefficient (Wildman–Crippen LogP) is 0.273. The zero-order chi connectivity index (χ0) is 14.6. The van der Waals surface area contributed by atoms with Crippen LogP contribution in [-0.4, -0.2) is 51.2 Å². The fourth-order valence-corrected chi connectivity index (χ4v) is 2.77. The van der Waals surface area contributed by atoms with E-state index in [2.05, 4.69) is 15.2 Å². The van der Waals surface area contributed by atoms with Crippen molar-refractivity contribution in [3.8, 4) is 0 Å². The van der Waals surface area contributed by atoms with E-state index in [0.717, 1.165) is 31.8 Å². The number of hydrogen-bond acceptors (Lipinski definition) is 4. The summed E-state index contributed by atoms with van der Waals surface area (Å²) in [7, 11) is 3.60. The number of β-amino-alcohol motifs (C(OH)–C–C–N with tert-alkyl or cyclic N) is 1. The summed E-state index contributed by atoms with van der Waals surface area (Å²) in [5, 5.41) is 13.2. The smallest absolute Gasteiger partial charge is 0.219 e. The van der Waals surface area contributed by atoms with Crippen molar-refractivity contribution in [2.45, 2.75) is 37.8 Å². The van der Waals surface area contributed by atoms with Crippen LogP contribution in [0.3, 0.4) is 0 Å². The van der Waals surface area contributed by atoms with Gasteiger partial charge in [0.2, 0.25) is 5.91 Å². The first-order valence-corrected chi connectivity index (χ1v) is 7.14. The minimum atomic E-state index is -0.754. The maximum Gasteiger partial charge on any atom is 0.219 e. The molecule has 2 N–H and O–H groups in total. The van der Waals surface area contributed by atoms with Gasteiger partial charge in [-0.05, 0) is 25.8 Å². The molecule has 1 aliphatic heterocycles. The van der Waals surface area contributed by atoms with Gasteiger partial charge in [0.15, 0.2) is 0 Å². The van der Waals surface area contributed by atoms with Gasteiger partial charge in [-0.15, -0.1) is 0 Å². The Morgan fingerprint density at radius 1 is 1.60 bits per heavy atom. The number of aliphatic hydroxyl groups is 1. The summed E-state index contributed by atoms with van der Waals surface area (Å²) in [6, 6.07) is 0. The maximum absolute atomic E-state index is 11.3. The summed E-state index contributed by atoms with van der Waals surface area (Å²) in [5.74, 6) is 0.986. The number of nitrogens with zero attached hydrogens (tertiary/aromatic N) is 3. The van der Waals surface area contributed by atoms with E-state index in [0.29, 0.717) is 19.4 Å². The molecule has 0 bridgehead atoms. The molecular weight excluding hydrogens is 256 g/mol. The molecule has 0 aliphatic carbocycles. The number of carbonyl (C=O) groups is 1. The van der Waals surface area contributed by atoms with Gasteiger partial charge in [-0.3, -0.25) is 9.69 Å². The fourth-order valence-electron chi connectivity index (χ4n) is 2.77. The van der Waals surface area contributed by atoms with Gasteiger partial charge in [0.1, 0.15) is 5.82 Å². The minimum absolute atomic E-state index is 0.0142. The summed E-state index contributed by atoms with van der Waals surface area (Å²) < 4.78 is 2.00. The van der Waals surface area contributed by atoms with Gasteiger partial charge >= 0.3 is 0 Å². The molecule has 2 rings (SSSR count). The van der Waals surface area contributed by atoms with Gasteiger partial charge in [0.05, 0.1) is 12.1 Å². The van der Waals surface area contributed by atoms with Crippen LogP contribution < -0.4 is 5.32 Å². The van der Waals surface area contributed by atoms with Crippen LogP contribution in [0, 0.1) is 0 Å². The molecule has 2 heterocycles. The molecule has 1 fully saturated rings. The lowest BCUT2D eigenvalue weighted by molar-refractivity contribution is -0.122. The van der Waals surface area contributed by atoms with Crippen molar-refractivity contribution >= 4 is 5.91 Å². The lowest BCUT2D eigenvalue weighted by Gasteiger charge is -2.39. The molecule has 1 aromatic heterocycles. The number of aryl methyl sites for hydroxylation is 1. The third kappa shape index (κ3) is 3.80. The standard InChI is InChI=1S/C14H24N4O2/c1-15-13(19)4-6-14(20)5-3-8-18(11-14)10-12-16-7-9-17(12)2/h7,9,20H,3-6,8,10-11H2,1-2H3,(H,15,19)/t14-/m0/s1. The highest BCUT2D eigenvalue weighted by atomic mass is 16.3. The molecule has 1 aliphatic rings. The zero-order valence-corrected chi connectivity index (χ0v) is 12.3. The van der Waals surface area contributed by atoms with E-state index in [1.165, 1.54) is 0 Å². The number of piperidine rings is 1. The number of likely N-dealkylation sites (tertiary alicyclic amines) is 1. The molecular formula is C14H24N4O2. The van der Waals surface area contributed by atoms with E-state index in [4.69, 9.17) is 0 Å². The third-order valence-corrected chi connectivity index (χ3v) is 4.02. The van der Waals surface area contributed by atoms with Crippen LogP contribution in [0.2, 0.25) is 0 Å². The summed E-state index contributed by atoms with van der Waals surface area (Å²) in [5.41, 5.74) is -0.754. The van der Waals surface area contributed by atoms with Crippen LogP contribution in [0.5, 0.6) is 0 Å². The maximum atomic E-state index is 11.3. The van der Waals surface area contributed by atoms with Crippen molar-refractivity contribution < 1.29 is 9.90 Å². The van der Waals surface area contributed by atoms with Crippen molar-refractivity contribution in [3.05, 3.63) is 18.2 Å². The number of hydrogen-bond donors (Lipinski definition) is 2. The summed E-state index contributed by atoms with van der Waals surface area (Å²) in [4.78, 5) is 17.9. The van der Waals surface area contributed by atoms with Gasteiger partial charge in [-0.25, -0.2) is 4.98 Å². The third-order valence-electron chi connectivity index (χ3n) is 4.02. The Labute approximate surface area is 119 Å². The molecule has 1 atom stereocenters. The van der Waals surface area contributed by atoms with Crippen LogP contribution in [0.15, 0.2) is 12.4 Å². The summed E-state index contributed by atoms with van der Waals surface area (Å²) in [6.45, 7) is 2.32. The molecule has 0 unspecified atom stereocenters. The van der Waals surface area contributed by atoms with Crippen molar-refractivity contribution in [1.82, 2.24) is 19.8 Å². The lowest BCUT2D eigenvalue weighted by Crippen LogP contribution is -2.48. The number of nitrogens with one attached hydrogen (secondary N) is 1. The fraction of sp³-hybridized carbons (Fsp3) is 0.714. The number of rotatable bonds is 5. The number of aromatic nitrogens is 2. The van der Waals surface area contributed by atoms with Gasteiger partial charge in [0, 0.05) is 39.5 Å². The highest BCUT2D eigenvalue weighted by Gasteiger charge is 2.33.